The molecule has 1 aliphatic heterocycles. The molecule has 0 saturated carbocycles. The van der Waals surface area contributed by atoms with Crippen molar-refractivity contribution in [2.45, 2.75) is 13.3 Å². The molecule has 1 saturated heterocycles. The van der Waals surface area contributed by atoms with E-state index in [2.05, 4.69) is 5.32 Å². The monoisotopic (exact) mass is 323 g/mol. The van der Waals surface area contributed by atoms with E-state index < -0.39 is 0 Å². The Balaban J connectivity index is 1.65. The summed E-state index contributed by atoms with van der Waals surface area (Å²) < 4.78 is 0. The number of amides is 2. The molecule has 5 nitrogen and oxygen atoms in total. The van der Waals surface area contributed by atoms with Gasteiger partial charge in [-0.2, -0.15) is 0 Å². The molecule has 6 heteroatoms. The molecule has 1 aromatic carbocycles. The van der Waals surface area contributed by atoms with E-state index in [9.17, 15) is 9.59 Å². The molecule has 1 fully saturated rings. The minimum Gasteiger partial charge on any atom is -0.339 e. The highest BCUT2D eigenvalue weighted by Crippen LogP contribution is 2.10. The number of nitrogens with zero attached hydrogens (tertiary/aromatic N) is 2. The number of hydrogen-bond acceptors (Lipinski definition) is 3. The molecule has 0 spiro atoms. The predicted molar refractivity (Wildman–Crippen MR) is 86.9 cm³/mol. The van der Waals surface area contributed by atoms with Gasteiger partial charge < -0.3 is 15.1 Å². The van der Waals surface area contributed by atoms with Crippen LogP contribution in [0.5, 0.6) is 0 Å². The summed E-state index contributed by atoms with van der Waals surface area (Å²) in [5, 5.41) is 3.90. The molecular weight excluding hydrogens is 302 g/mol. The van der Waals surface area contributed by atoms with E-state index in [4.69, 9.17) is 11.6 Å². The Hall–Kier alpha value is -1.59. The third kappa shape index (κ3) is 5.00. The smallest absolute Gasteiger partial charge is 0.236 e. The Morgan fingerprint density at radius 2 is 1.86 bits per heavy atom. The summed E-state index contributed by atoms with van der Waals surface area (Å²) in [5.74, 6) is 0.168. The van der Waals surface area contributed by atoms with Crippen LogP contribution in [0.4, 0.5) is 0 Å². The first-order valence-electron chi connectivity index (χ1n) is 7.54. The van der Waals surface area contributed by atoms with Gasteiger partial charge in [0.05, 0.1) is 6.54 Å². The molecule has 0 aromatic heterocycles. The molecule has 0 unspecified atom stereocenters. The maximum absolute atomic E-state index is 12.1. The Morgan fingerprint density at radius 3 is 2.50 bits per heavy atom. The van der Waals surface area contributed by atoms with Crippen LogP contribution in [-0.2, 0) is 16.0 Å². The van der Waals surface area contributed by atoms with Crippen LogP contribution in [0.2, 0.25) is 5.02 Å². The van der Waals surface area contributed by atoms with Crippen LogP contribution in [0.1, 0.15) is 12.5 Å². The number of halogens is 1. The summed E-state index contributed by atoms with van der Waals surface area (Å²) in [4.78, 5) is 26.9. The minimum atomic E-state index is 0.0757. The normalized spacial score (nSPS) is 15.0. The Morgan fingerprint density at radius 1 is 1.18 bits per heavy atom. The van der Waals surface area contributed by atoms with Crippen molar-refractivity contribution in [3.63, 3.8) is 0 Å². The lowest BCUT2D eigenvalue weighted by atomic mass is 10.1. The molecule has 1 heterocycles. The number of carbonyl (C=O) groups is 2. The van der Waals surface area contributed by atoms with Crippen LogP contribution < -0.4 is 5.32 Å². The first-order chi connectivity index (χ1) is 10.6. The first-order valence-corrected chi connectivity index (χ1v) is 7.92. The third-order valence-electron chi connectivity index (χ3n) is 3.83. The van der Waals surface area contributed by atoms with E-state index in [-0.39, 0.29) is 11.8 Å². The molecule has 1 N–H and O–H groups in total. The van der Waals surface area contributed by atoms with E-state index in [1.807, 2.05) is 29.2 Å². The number of rotatable bonds is 5. The quantitative estimate of drug-likeness (QED) is 0.827. The van der Waals surface area contributed by atoms with Crippen LogP contribution >= 0.6 is 11.6 Å². The lowest BCUT2D eigenvalue weighted by molar-refractivity contribution is -0.137. The van der Waals surface area contributed by atoms with Gasteiger partial charge in [0.15, 0.2) is 0 Å². The number of nitrogens with one attached hydrogen (secondary N) is 1. The lowest BCUT2D eigenvalue weighted by Gasteiger charge is -2.34. The third-order valence-corrected chi connectivity index (χ3v) is 4.07. The van der Waals surface area contributed by atoms with Gasteiger partial charge in [0.25, 0.3) is 0 Å². The standard InChI is InChI=1S/C16H22ClN3O2/c1-13(21)19-7-9-20(10-8-19)16(22)12-18-6-5-14-3-2-4-15(17)11-14/h2-4,11,18H,5-10,12H2,1H3. The van der Waals surface area contributed by atoms with Gasteiger partial charge in [0, 0.05) is 38.1 Å². The maximum Gasteiger partial charge on any atom is 0.236 e. The highest BCUT2D eigenvalue weighted by atomic mass is 35.5. The van der Waals surface area contributed by atoms with E-state index in [0.717, 1.165) is 23.6 Å². The molecule has 2 rings (SSSR count). The fourth-order valence-corrected chi connectivity index (χ4v) is 2.72. The number of piperazine rings is 1. The summed E-state index contributed by atoms with van der Waals surface area (Å²) in [7, 11) is 0. The molecule has 0 radical (unpaired) electrons. The fourth-order valence-electron chi connectivity index (χ4n) is 2.50. The molecule has 22 heavy (non-hydrogen) atoms. The van der Waals surface area contributed by atoms with Gasteiger partial charge >= 0.3 is 0 Å². The van der Waals surface area contributed by atoms with Crippen LogP contribution in [0.15, 0.2) is 24.3 Å². The summed E-state index contributed by atoms with van der Waals surface area (Å²) >= 11 is 5.93. The Kier molecular flexibility index (Phi) is 6.21. The van der Waals surface area contributed by atoms with Gasteiger partial charge in [0.1, 0.15) is 0 Å². The molecular formula is C16H22ClN3O2. The van der Waals surface area contributed by atoms with Gasteiger partial charge in [-0.25, -0.2) is 0 Å². The van der Waals surface area contributed by atoms with Gasteiger partial charge in [-0.05, 0) is 30.7 Å². The first kappa shape index (κ1) is 16.8. The van der Waals surface area contributed by atoms with Crippen molar-refractivity contribution in [2.24, 2.45) is 0 Å². The number of carbonyl (C=O) groups excluding carboxylic acids is 2. The van der Waals surface area contributed by atoms with Crippen molar-refractivity contribution in [3.05, 3.63) is 34.9 Å². The van der Waals surface area contributed by atoms with Crippen molar-refractivity contribution in [3.8, 4) is 0 Å². The Labute approximate surface area is 136 Å². The highest BCUT2D eigenvalue weighted by Gasteiger charge is 2.21. The van der Waals surface area contributed by atoms with Gasteiger partial charge in [-0.1, -0.05) is 23.7 Å². The van der Waals surface area contributed by atoms with E-state index in [1.165, 1.54) is 0 Å². The summed E-state index contributed by atoms with van der Waals surface area (Å²) in [5.41, 5.74) is 1.16. The lowest BCUT2D eigenvalue weighted by Crippen LogP contribution is -2.51. The van der Waals surface area contributed by atoms with Gasteiger partial charge in [0.2, 0.25) is 11.8 Å². The average molecular weight is 324 g/mol. The minimum absolute atomic E-state index is 0.0757. The molecule has 1 aliphatic rings. The zero-order valence-corrected chi connectivity index (χ0v) is 13.6. The zero-order chi connectivity index (χ0) is 15.9. The molecule has 0 bridgehead atoms. The van der Waals surface area contributed by atoms with Gasteiger partial charge in [-0.3, -0.25) is 9.59 Å². The number of benzene rings is 1. The molecule has 120 valence electrons. The second-order valence-electron chi connectivity index (χ2n) is 5.44. The maximum atomic E-state index is 12.1. The molecule has 2 amide bonds. The van der Waals surface area contributed by atoms with Crippen LogP contribution in [0, 0.1) is 0 Å². The van der Waals surface area contributed by atoms with Crippen molar-refractivity contribution < 1.29 is 9.59 Å². The van der Waals surface area contributed by atoms with Gasteiger partial charge in [-0.15, -0.1) is 0 Å². The molecule has 1 aromatic rings. The molecule has 0 aliphatic carbocycles. The van der Waals surface area contributed by atoms with Crippen LogP contribution in [0.3, 0.4) is 0 Å². The largest absolute Gasteiger partial charge is 0.339 e. The number of hydrogen-bond donors (Lipinski definition) is 1. The highest BCUT2D eigenvalue weighted by molar-refractivity contribution is 6.30. The summed E-state index contributed by atoms with van der Waals surface area (Å²) in [6.07, 6.45) is 0.839. The SMILES string of the molecule is CC(=O)N1CCN(C(=O)CNCCc2cccc(Cl)c2)CC1. The topological polar surface area (TPSA) is 52.7 Å². The molecule has 0 atom stereocenters. The predicted octanol–water partition coefficient (Wildman–Crippen LogP) is 1.16. The Bertz CT molecular complexity index is 528. The summed E-state index contributed by atoms with van der Waals surface area (Å²) in [6.45, 7) is 5.13. The zero-order valence-electron chi connectivity index (χ0n) is 12.8. The van der Waals surface area contributed by atoms with E-state index in [1.54, 1.807) is 11.8 Å². The van der Waals surface area contributed by atoms with Crippen molar-refractivity contribution in [1.29, 1.82) is 0 Å². The van der Waals surface area contributed by atoms with E-state index >= 15 is 0 Å². The second kappa shape index (κ2) is 8.15. The van der Waals surface area contributed by atoms with Crippen molar-refractivity contribution in [1.82, 2.24) is 15.1 Å². The van der Waals surface area contributed by atoms with Crippen LogP contribution in [0.25, 0.3) is 0 Å². The van der Waals surface area contributed by atoms with Crippen molar-refractivity contribution >= 4 is 23.4 Å². The van der Waals surface area contributed by atoms with Crippen LogP contribution in [-0.4, -0.2) is 60.9 Å². The second-order valence-corrected chi connectivity index (χ2v) is 5.88. The van der Waals surface area contributed by atoms with E-state index in [0.29, 0.717) is 32.7 Å². The fraction of sp³-hybridized carbons (Fsp3) is 0.500. The average Bonchev–Trinajstić information content (AvgIpc) is 2.51. The summed E-state index contributed by atoms with van der Waals surface area (Å²) in [6, 6.07) is 7.74. The van der Waals surface area contributed by atoms with Crippen molar-refractivity contribution in [2.75, 3.05) is 39.3 Å².